The van der Waals surface area contributed by atoms with Gasteiger partial charge in [0.15, 0.2) is 5.82 Å². The van der Waals surface area contributed by atoms with Gasteiger partial charge in [0.25, 0.3) is 5.91 Å². The van der Waals surface area contributed by atoms with Crippen LogP contribution in [0, 0.1) is 0 Å². The highest BCUT2D eigenvalue weighted by Gasteiger charge is 2.21. The summed E-state index contributed by atoms with van der Waals surface area (Å²) in [7, 11) is 0. The predicted octanol–water partition coefficient (Wildman–Crippen LogP) is 0.666. The summed E-state index contributed by atoms with van der Waals surface area (Å²) < 4.78 is 3.82. The summed E-state index contributed by atoms with van der Waals surface area (Å²) in [6.45, 7) is 5.72. The van der Waals surface area contributed by atoms with Crippen molar-refractivity contribution < 1.29 is 4.79 Å². The van der Waals surface area contributed by atoms with Crippen molar-refractivity contribution in [2.75, 3.05) is 0 Å². The number of tetrazole rings is 1. The number of carbonyl (C=O) groups excluding carboxylic acids is 1. The highest BCUT2D eigenvalue weighted by atomic mass is 32.1. The number of nitrogens with one attached hydrogen (secondary N) is 2. The largest absolute Gasteiger partial charge is 0.341 e. The van der Waals surface area contributed by atoms with Crippen LogP contribution in [0.15, 0.2) is 0 Å². The van der Waals surface area contributed by atoms with Crippen molar-refractivity contribution in [3.8, 4) is 0 Å². The monoisotopic (exact) mass is 267 g/mol. The van der Waals surface area contributed by atoms with Gasteiger partial charge in [0.1, 0.15) is 4.88 Å². The second kappa shape index (κ2) is 5.17. The van der Waals surface area contributed by atoms with Crippen molar-refractivity contribution in [1.29, 1.82) is 0 Å². The minimum atomic E-state index is -0.321. The fourth-order valence-electron chi connectivity index (χ4n) is 1.41. The summed E-state index contributed by atoms with van der Waals surface area (Å²) in [4.78, 5) is 12.6. The average molecular weight is 267 g/mol. The number of carbonyl (C=O) groups is 1. The van der Waals surface area contributed by atoms with Crippen LogP contribution in [0.2, 0.25) is 0 Å². The Hall–Kier alpha value is -1.90. The Balaban J connectivity index is 2.10. The maximum atomic E-state index is 12.1. The molecular weight excluding hydrogens is 254 g/mol. The van der Waals surface area contributed by atoms with Crippen LogP contribution < -0.4 is 5.32 Å². The van der Waals surface area contributed by atoms with E-state index in [2.05, 4.69) is 35.5 Å². The number of amides is 1. The van der Waals surface area contributed by atoms with Gasteiger partial charge in [-0.2, -0.15) is 5.21 Å². The minimum absolute atomic E-state index is 0.157. The van der Waals surface area contributed by atoms with Crippen molar-refractivity contribution >= 4 is 17.4 Å². The molecule has 96 valence electrons. The van der Waals surface area contributed by atoms with E-state index in [9.17, 15) is 4.79 Å². The van der Waals surface area contributed by atoms with Gasteiger partial charge in [-0.1, -0.05) is 23.5 Å². The first-order valence-electron chi connectivity index (χ1n) is 5.46. The lowest BCUT2D eigenvalue weighted by Crippen LogP contribution is -2.27. The molecular formula is C9H13N7OS. The first-order valence-corrected chi connectivity index (χ1v) is 6.23. The number of aromatic amines is 1. The molecule has 0 saturated carbocycles. The molecule has 1 atom stereocenters. The molecule has 0 aliphatic heterocycles. The third kappa shape index (κ3) is 2.50. The number of nitrogens with zero attached hydrogens (tertiary/aromatic N) is 5. The van der Waals surface area contributed by atoms with E-state index >= 15 is 0 Å². The number of aromatic nitrogens is 6. The average Bonchev–Trinajstić information content (AvgIpc) is 3.00. The molecule has 2 aromatic heterocycles. The van der Waals surface area contributed by atoms with Crippen LogP contribution in [0.1, 0.15) is 53.9 Å². The molecule has 0 spiro atoms. The molecule has 1 unspecified atom stereocenters. The lowest BCUT2D eigenvalue weighted by atomic mass is 10.1. The zero-order valence-electron chi connectivity index (χ0n) is 10.2. The third-order valence-electron chi connectivity index (χ3n) is 2.36. The first-order chi connectivity index (χ1) is 8.59. The van der Waals surface area contributed by atoms with Crippen molar-refractivity contribution in [3.05, 3.63) is 16.4 Å². The SMILES string of the molecule is CC(C)c1nnsc1C(=O)NC(C)c1nn[nH]n1. The zero-order chi connectivity index (χ0) is 13.1. The Morgan fingerprint density at radius 3 is 2.72 bits per heavy atom. The third-order valence-corrected chi connectivity index (χ3v) is 3.10. The second-order valence-corrected chi connectivity index (χ2v) is 4.86. The maximum absolute atomic E-state index is 12.1. The topological polar surface area (TPSA) is 109 Å². The van der Waals surface area contributed by atoms with E-state index in [-0.39, 0.29) is 17.9 Å². The number of hydrogen-bond acceptors (Lipinski definition) is 7. The smallest absolute Gasteiger partial charge is 0.265 e. The molecule has 18 heavy (non-hydrogen) atoms. The predicted molar refractivity (Wildman–Crippen MR) is 64.1 cm³/mol. The van der Waals surface area contributed by atoms with Crippen LogP contribution in [0.5, 0.6) is 0 Å². The second-order valence-electron chi connectivity index (χ2n) is 4.11. The maximum Gasteiger partial charge on any atom is 0.265 e. The fraction of sp³-hybridized carbons (Fsp3) is 0.556. The van der Waals surface area contributed by atoms with Crippen LogP contribution >= 0.6 is 11.5 Å². The molecule has 0 fully saturated rings. The fourth-order valence-corrected chi connectivity index (χ4v) is 2.13. The number of rotatable bonds is 4. The molecule has 0 radical (unpaired) electrons. The van der Waals surface area contributed by atoms with Crippen LogP contribution in [0.25, 0.3) is 0 Å². The summed E-state index contributed by atoms with van der Waals surface area (Å²) in [6, 6.07) is -0.321. The van der Waals surface area contributed by atoms with Crippen molar-refractivity contribution in [2.24, 2.45) is 0 Å². The van der Waals surface area contributed by atoms with E-state index in [0.29, 0.717) is 16.4 Å². The molecule has 0 bridgehead atoms. The summed E-state index contributed by atoms with van der Waals surface area (Å²) in [5.41, 5.74) is 0.706. The zero-order valence-corrected chi connectivity index (χ0v) is 11.0. The quantitative estimate of drug-likeness (QED) is 0.842. The van der Waals surface area contributed by atoms with E-state index in [1.165, 1.54) is 0 Å². The lowest BCUT2D eigenvalue weighted by molar-refractivity contribution is 0.0941. The summed E-state index contributed by atoms with van der Waals surface area (Å²) in [5.74, 6) is 0.378. The van der Waals surface area contributed by atoms with Crippen LogP contribution in [0.3, 0.4) is 0 Å². The molecule has 2 aromatic rings. The Bertz CT molecular complexity index is 521. The normalized spacial score (nSPS) is 12.7. The van der Waals surface area contributed by atoms with E-state index < -0.39 is 0 Å². The Labute approximate surface area is 107 Å². The minimum Gasteiger partial charge on any atom is -0.341 e. The molecule has 2 heterocycles. The first kappa shape index (κ1) is 12.6. The van der Waals surface area contributed by atoms with Gasteiger partial charge in [-0.05, 0) is 24.4 Å². The van der Waals surface area contributed by atoms with E-state index in [1.807, 2.05) is 13.8 Å². The number of hydrogen-bond donors (Lipinski definition) is 2. The molecule has 0 aliphatic carbocycles. The van der Waals surface area contributed by atoms with Gasteiger partial charge in [-0.3, -0.25) is 4.79 Å². The Morgan fingerprint density at radius 1 is 1.33 bits per heavy atom. The molecule has 2 N–H and O–H groups in total. The highest BCUT2D eigenvalue weighted by molar-refractivity contribution is 7.08. The van der Waals surface area contributed by atoms with Gasteiger partial charge < -0.3 is 5.32 Å². The van der Waals surface area contributed by atoms with E-state index in [1.54, 1.807) is 6.92 Å². The standard InChI is InChI=1S/C9H13N7OS/c1-4(2)6-7(18-16-11-6)9(17)10-5(3)8-12-14-15-13-8/h4-5H,1-3H3,(H,10,17)(H,12,13,14,15). The van der Waals surface area contributed by atoms with Gasteiger partial charge >= 0.3 is 0 Å². The lowest BCUT2D eigenvalue weighted by Gasteiger charge is -2.09. The molecule has 0 aliphatic rings. The van der Waals surface area contributed by atoms with E-state index in [4.69, 9.17) is 0 Å². The van der Waals surface area contributed by atoms with Crippen LogP contribution in [-0.4, -0.2) is 36.1 Å². The van der Waals surface area contributed by atoms with E-state index in [0.717, 1.165) is 11.5 Å². The summed E-state index contributed by atoms with van der Waals surface area (Å²) in [6.07, 6.45) is 0. The van der Waals surface area contributed by atoms with Gasteiger partial charge in [0.05, 0.1) is 11.7 Å². The molecule has 8 nitrogen and oxygen atoms in total. The van der Waals surface area contributed by atoms with Crippen molar-refractivity contribution in [3.63, 3.8) is 0 Å². The van der Waals surface area contributed by atoms with Gasteiger partial charge in [0, 0.05) is 0 Å². The molecule has 1 amide bonds. The highest BCUT2D eigenvalue weighted by Crippen LogP contribution is 2.20. The molecule has 0 saturated heterocycles. The summed E-state index contributed by atoms with van der Waals surface area (Å²) in [5, 5.41) is 20.2. The molecule has 9 heteroatoms. The van der Waals surface area contributed by atoms with Gasteiger partial charge in [-0.25, -0.2) is 0 Å². The Kier molecular flexibility index (Phi) is 3.60. The van der Waals surface area contributed by atoms with Gasteiger partial charge in [0.2, 0.25) is 0 Å². The Morgan fingerprint density at radius 2 is 2.11 bits per heavy atom. The van der Waals surface area contributed by atoms with Crippen molar-refractivity contribution in [2.45, 2.75) is 32.7 Å². The van der Waals surface area contributed by atoms with Crippen LogP contribution in [0.4, 0.5) is 0 Å². The van der Waals surface area contributed by atoms with Crippen LogP contribution in [-0.2, 0) is 0 Å². The molecule has 2 rings (SSSR count). The molecule has 0 aromatic carbocycles. The van der Waals surface area contributed by atoms with Crippen molar-refractivity contribution in [1.82, 2.24) is 35.5 Å². The summed E-state index contributed by atoms with van der Waals surface area (Å²) >= 11 is 1.09. The van der Waals surface area contributed by atoms with Gasteiger partial charge in [-0.15, -0.1) is 15.3 Å². The number of H-pyrrole nitrogens is 1.